The number of hydrogen-bond donors (Lipinski definition) is 3. The summed E-state index contributed by atoms with van der Waals surface area (Å²) in [4.78, 5) is 9.91. The number of nitrogens with two attached hydrogens (primary N) is 2. The lowest BCUT2D eigenvalue weighted by Gasteiger charge is -2.02. The molecule has 0 unspecified atom stereocenters. The Balaban J connectivity index is 0.000000139. The summed E-state index contributed by atoms with van der Waals surface area (Å²) < 4.78 is 13.7. The molecule has 208 valence electrons. The lowest BCUT2D eigenvalue weighted by Crippen LogP contribution is -2.05. The van der Waals surface area contributed by atoms with Crippen molar-refractivity contribution in [1.29, 1.82) is 0 Å². The quantitative estimate of drug-likeness (QED) is 0.152. The molecule has 5 N–H and O–H groups in total. The van der Waals surface area contributed by atoms with Crippen LogP contribution in [-0.4, -0.2) is 62.1 Å². The summed E-state index contributed by atoms with van der Waals surface area (Å²) in [5, 5.41) is 28.5. The number of methoxy groups -OCH3 is 2. The van der Waals surface area contributed by atoms with E-state index in [0.29, 0.717) is 18.7 Å². The minimum absolute atomic E-state index is 0.0757. The first-order chi connectivity index (χ1) is 19.4. The minimum atomic E-state index is -0.430. The molecule has 3 aromatic heterocycles. The van der Waals surface area contributed by atoms with Crippen molar-refractivity contribution < 1.29 is 14.4 Å². The Morgan fingerprint density at radius 2 is 1.60 bits per heavy atom. The van der Waals surface area contributed by atoms with E-state index in [-0.39, 0.29) is 5.69 Å². The molecular formula is C27H31N9O4. The van der Waals surface area contributed by atoms with Gasteiger partial charge in [-0.1, -0.05) is 0 Å². The van der Waals surface area contributed by atoms with Gasteiger partial charge in [-0.25, -0.2) is 0 Å². The second-order valence-corrected chi connectivity index (χ2v) is 8.78. The van der Waals surface area contributed by atoms with Gasteiger partial charge in [-0.3, -0.25) is 24.6 Å². The van der Waals surface area contributed by atoms with E-state index in [0.717, 1.165) is 51.7 Å². The van der Waals surface area contributed by atoms with Crippen molar-refractivity contribution in [3.8, 4) is 0 Å². The lowest BCUT2D eigenvalue weighted by atomic mass is 10.2. The molecule has 0 aliphatic rings. The van der Waals surface area contributed by atoms with Crippen LogP contribution in [0.5, 0.6) is 0 Å². The molecule has 3 heterocycles. The number of aromatic amines is 1. The molecule has 0 spiro atoms. The third kappa shape index (κ3) is 7.09. The van der Waals surface area contributed by atoms with Gasteiger partial charge in [0, 0.05) is 60.1 Å². The van der Waals surface area contributed by atoms with Crippen molar-refractivity contribution >= 4 is 49.8 Å². The fourth-order valence-electron chi connectivity index (χ4n) is 3.87. The Labute approximate surface area is 229 Å². The van der Waals surface area contributed by atoms with Gasteiger partial charge in [0.25, 0.3) is 5.69 Å². The van der Waals surface area contributed by atoms with Gasteiger partial charge in [-0.05, 0) is 42.5 Å². The van der Waals surface area contributed by atoms with Crippen LogP contribution in [0, 0.1) is 10.1 Å². The van der Waals surface area contributed by atoms with Gasteiger partial charge in [-0.2, -0.15) is 15.3 Å². The van der Waals surface area contributed by atoms with E-state index in [4.69, 9.17) is 20.9 Å². The molecule has 0 radical (unpaired) electrons. The topological polar surface area (TPSA) is 178 Å². The second kappa shape index (κ2) is 13.2. The largest absolute Gasteiger partial charge is 0.399 e. The molecule has 0 saturated carbocycles. The van der Waals surface area contributed by atoms with E-state index in [2.05, 4.69) is 20.4 Å². The van der Waals surface area contributed by atoms with Crippen molar-refractivity contribution in [2.24, 2.45) is 0 Å². The Bertz CT molecular complexity index is 1700. The van der Waals surface area contributed by atoms with Crippen LogP contribution in [0.15, 0.2) is 73.2 Å². The van der Waals surface area contributed by atoms with Crippen molar-refractivity contribution in [1.82, 2.24) is 29.8 Å². The SMILES string of the molecule is COCCn1cc2ccc(N)cc2n1.COCCn1ncc2ccc(N)cc21.O=[N+]([O-])c1ccc2cn[nH]c2c1. The Morgan fingerprint density at radius 3 is 2.35 bits per heavy atom. The second-order valence-electron chi connectivity index (χ2n) is 8.78. The van der Waals surface area contributed by atoms with E-state index in [1.807, 2.05) is 58.2 Å². The smallest absolute Gasteiger partial charge is 0.271 e. The maximum absolute atomic E-state index is 10.3. The molecule has 40 heavy (non-hydrogen) atoms. The average molecular weight is 546 g/mol. The lowest BCUT2D eigenvalue weighted by molar-refractivity contribution is -0.384. The van der Waals surface area contributed by atoms with Gasteiger partial charge < -0.3 is 20.9 Å². The Kier molecular flexibility index (Phi) is 9.23. The maximum Gasteiger partial charge on any atom is 0.271 e. The average Bonchev–Trinajstić information content (AvgIpc) is 3.68. The molecule has 13 nitrogen and oxygen atoms in total. The van der Waals surface area contributed by atoms with Crippen LogP contribution in [0.3, 0.4) is 0 Å². The van der Waals surface area contributed by atoms with Crippen LogP contribution >= 0.6 is 0 Å². The van der Waals surface area contributed by atoms with Crippen molar-refractivity contribution in [3.05, 3.63) is 83.3 Å². The first kappa shape index (κ1) is 28.0. The molecule has 0 saturated heterocycles. The number of nitro groups is 1. The Morgan fingerprint density at radius 1 is 0.900 bits per heavy atom. The molecule has 0 fully saturated rings. The van der Waals surface area contributed by atoms with Crippen molar-refractivity contribution in [2.75, 3.05) is 38.9 Å². The number of benzene rings is 3. The summed E-state index contributed by atoms with van der Waals surface area (Å²) in [6.45, 7) is 2.85. The number of rotatable bonds is 7. The molecule has 0 aliphatic carbocycles. The predicted octanol–water partition coefficient (Wildman–Crippen LogP) is 4.00. The fraction of sp³-hybridized carbons (Fsp3) is 0.222. The van der Waals surface area contributed by atoms with E-state index >= 15 is 0 Å². The highest BCUT2D eigenvalue weighted by molar-refractivity contribution is 5.82. The van der Waals surface area contributed by atoms with Gasteiger partial charge >= 0.3 is 0 Å². The molecule has 6 rings (SSSR count). The summed E-state index contributed by atoms with van der Waals surface area (Å²) in [5.74, 6) is 0. The summed E-state index contributed by atoms with van der Waals surface area (Å²) in [7, 11) is 3.36. The summed E-state index contributed by atoms with van der Waals surface area (Å²) in [5.41, 5.74) is 15.6. The molecular weight excluding hydrogens is 514 g/mol. The van der Waals surface area contributed by atoms with E-state index in [1.54, 1.807) is 26.5 Å². The van der Waals surface area contributed by atoms with E-state index in [9.17, 15) is 10.1 Å². The van der Waals surface area contributed by atoms with E-state index in [1.165, 1.54) is 12.1 Å². The number of nitrogen functional groups attached to an aromatic ring is 2. The van der Waals surface area contributed by atoms with Crippen LogP contribution in [0.1, 0.15) is 0 Å². The van der Waals surface area contributed by atoms with Gasteiger partial charge in [0.1, 0.15) is 0 Å². The van der Waals surface area contributed by atoms with Crippen LogP contribution in [0.4, 0.5) is 17.1 Å². The van der Waals surface area contributed by atoms with Gasteiger partial charge in [-0.15, -0.1) is 0 Å². The molecule has 0 bridgehead atoms. The van der Waals surface area contributed by atoms with Crippen LogP contribution in [0.25, 0.3) is 32.7 Å². The summed E-state index contributed by atoms with van der Waals surface area (Å²) >= 11 is 0. The molecule has 0 amide bonds. The first-order valence-corrected chi connectivity index (χ1v) is 12.4. The highest BCUT2D eigenvalue weighted by atomic mass is 16.6. The molecule has 0 atom stereocenters. The summed E-state index contributed by atoms with van der Waals surface area (Å²) in [6, 6.07) is 16.1. The normalized spacial score (nSPS) is 10.8. The maximum atomic E-state index is 10.3. The number of anilines is 2. The zero-order valence-corrected chi connectivity index (χ0v) is 22.2. The fourth-order valence-corrected chi connectivity index (χ4v) is 3.87. The zero-order valence-electron chi connectivity index (χ0n) is 22.2. The monoisotopic (exact) mass is 545 g/mol. The predicted molar refractivity (Wildman–Crippen MR) is 155 cm³/mol. The van der Waals surface area contributed by atoms with Gasteiger partial charge in [0.2, 0.25) is 0 Å². The number of aromatic nitrogens is 6. The van der Waals surface area contributed by atoms with Crippen LogP contribution in [-0.2, 0) is 22.6 Å². The molecule has 6 aromatic rings. The number of nitrogens with one attached hydrogen (secondary N) is 1. The molecule has 13 heteroatoms. The summed E-state index contributed by atoms with van der Waals surface area (Å²) in [6.07, 6.45) is 5.46. The highest BCUT2D eigenvalue weighted by Crippen LogP contribution is 2.18. The molecule has 0 aliphatic heterocycles. The number of H-pyrrole nitrogens is 1. The minimum Gasteiger partial charge on any atom is -0.399 e. The number of hydrogen-bond acceptors (Lipinski definition) is 9. The number of ether oxygens (including phenoxy) is 2. The number of non-ortho nitro benzene ring substituents is 1. The van der Waals surface area contributed by atoms with Crippen LogP contribution in [0.2, 0.25) is 0 Å². The Hall–Kier alpha value is -5.01. The number of nitrogens with zero attached hydrogens (tertiary/aromatic N) is 6. The van der Waals surface area contributed by atoms with Gasteiger partial charge in [0.15, 0.2) is 0 Å². The standard InChI is InChI=1S/2C10H13N3O.C7H5N3O2/c1-14-5-4-13-7-8-2-3-9(11)6-10(8)12-13;1-14-5-4-13-10-6-9(11)3-2-8(10)7-12-13;11-10(12)6-2-1-5-4-8-9-7(5)3-6/h2*2-3,6-7H,4-5,11H2,1H3;1-4H,(H,8,9). The zero-order chi connectivity index (χ0) is 28.5. The highest BCUT2D eigenvalue weighted by Gasteiger charge is 2.06. The third-order valence-corrected chi connectivity index (χ3v) is 5.92. The third-order valence-electron chi connectivity index (χ3n) is 5.92. The number of nitro benzene ring substituents is 1. The van der Waals surface area contributed by atoms with E-state index < -0.39 is 4.92 Å². The molecule has 3 aromatic carbocycles. The van der Waals surface area contributed by atoms with Crippen molar-refractivity contribution in [2.45, 2.75) is 13.1 Å². The van der Waals surface area contributed by atoms with Crippen molar-refractivity contribution in [3.63, 3.8) is 0 Å². The first-order valence-electron chi connectivity index (χ1n) is 12.4. The number of fused-ring (bicyclic) bond motifs is 3. The van der Waals surface area contributed by atoms with Gasteiger partial charge in [0.05, 0.1) is 60.2 Å². The van der Waals surface area contributed by atoms with Crippen LogP contribution < -0.4 is 11.5 Å².